The first-order valence-electron chi connectivity index (χ1n) is 7.42. The second-order valence-corrected chi connectivity index (χ2v) is 5.34. The number of aromatic nitrogens is 1. The molecule has 3 rings (SSSR count). The summed E-state index contributed by atoms with van der Waals surface area (Å²) < 4.78 is 10.5. The molecule has 2 heterocycles. The molecule has 116 valence electrons. The molecule has 1 fully saturated rings. The molecular formula is C16H19N3O3. The first-order chi connectivity index (χ1) is 10.8. The molecule has 0 bridgehead atoms. The average Bonchev–Trinajstić information content (AvgIpc) is 3.23. The zero-order valence-electron chi connectivity index (χ0n) is 12.2. The van der Waals surface area contributed by atoms with E-state index in [0.717, 1.165) is 30.9 Å². The van der Waals surface area contributed by atoms with Gasteiger partial charge in [0.05, 0.1) is 13.2 Å². The van der Waals surface area contributed by atoms with E-state index < -0.39 is 0 Å². The highest BCUT2D eigenvalue weighted by molar-refractivity contribution is 5.73. The Morgan fingerprint density at radius 2 is 2.14 bits per heavy atom. The molecule has 2 N–H and O–H groups in total. The highest BCUT2D eigenvalue weighted by Gasteiger charge is 2.16. The minimum atomic E-state index is -0.204. The van der Waals surface area contributed by atoms with Crippen LogP contribution in [-0.2, 0) is 11.3 Å². The summed E-state index contributed by atoms with van der Waals surface area (Å²) in [6.45, 7) is 2.46. The Bertz CT molecular complexity index is 606. The van der Waals surface area contributed by atoms with Crippen LogP contribution in [0.2, 0.25) is 0 Å². The Balaban J connectivity index is 1.45. The van der Waals surface area contributed by atoms with Crippen molar-refractivity contribution in [1.29, 1.82) is 0 Å². The van der Waals surface area contributed by atoms with Crippen molar-refractivity contribution < 1.29 is 14.1 Å². The molecule has 1 aromatic carbocycles. The van der Waals surface area contributed by atoms with E-state index in [2.05, 4.69) is 15.8 Å². The van der Waals surface area contributed by atoms with Gasteiger partial charge in [-0.2, -0.15) is 0 Å². The number of hydrogen-bond donors (Lipinski definition) is 2. The van der Waals surface area contributed by atoms with Gasteiger partial charge in [-0.15, -0.1) is 0 Å². The van der Waals surface area contributed by atoms with Crippen LogP contribution in [0.15, 0.2) is 40.9 Å². The van der Waals surface area contributed by atoms with Gasteiger partial charge in [-0.05, 0) is 6.42 Å². The first kappa shape index (κ1) is 14.6. The van der Waals surface area contributed by atoms with Gasteiger partial charge in [0.25, 0.3) is 0 Å². The van der Waals surface area contributed by atoms with E-state index in [1.165, 1.54) is 0 Å². The summed E-state index contributed by atoms with van der Waals surface area (Å²) in [5, 5.41) is 9.61. The predicted molar refractivity (Wildman–Crippen MR) is 81.1 cm³/mol. The van der Waals surface area contributed by atoms with Gasteiger partial charge in [0, 0.05) is 30.7 Å². The van der Waals surface area contributed by atoms with Gasteiger partial charge in [0.1, 0.15) is 5.69 Å². The van der Waals surface area contributed by atoms with Crippen molar-refractivity contribution in [1.82, 2.24) is 15.8 Å². The van der Waals surface area contributed by atoms with Crippen LogP contribution < -0.4 is 10.6 Å². The van der Waals surface area contributed by atoms with Gasteiger partial charge in [-0.25, -0.2) is 4.79 Å². The molecule has 2 aromatic rings. The van der Waals surface area contributed by atoms with Crippen LogP contribution in [0.1, 0.15) is 12.2 Å². The summed E-state index contributed by atoms with van der Waals surface area (Å²) in [5.41, 5.74) is 1.75. The Kier molecular flexibility index (Phi) is 4.70. The summed E-state index contributed by atoms with van der Waals surface area (Å²) >= 11 is 0. The zero-order valence-corrected chi connectivity index (χ0v) is 12.2. The molecule has 22 heavy (non-hydrogen) atoms. The summed E-state index contributed by atoms with van der Waals surface area (Å²) in [5.74, 6) is 1.04. The summed E-state index contributed by atoms with van der Waals surface area (Å²) in [6.07, 6.45) is 1.00. The standard InChI is InChI=1S/C16H19N3O3/c20-16(17-9-12-6-7-21-11-12)18-10-14-8-15(19-22-14)13-4-2-1-3-5-13/h1-5,8,12H,6-7,9-11H2,(H2,17,18,20)/t12-/m0/s1. The minimum Gasteiger partial charge on any atom is -0.381 e. The second-order valence-electron chi connectivity index (χ2n) is 5.34. The van der Waals surface area contributed by atoms with Crippen molar-refractivity contribution >= 4 is 6.03 Å². The monoisotopic (exact) mass is 301 g/mol. The Labute approximate surface area is 128 Å². The number of urea groups is 1. The van der Waals surface area contributed by atoms with Gasteiger partial charge in [-0.1, -0.05) is 35.5 Å². The first-order valence-corrected chi connectivity index (χ1v) is 7.42. The van der Waals surface area contributed by atoms with Crippen LogP contribution in [-0.4, -0.2) is 30.9 Å². The van der Waals surface area contributed by atoms with Crippen molar-refractivity contribution in [3.63, 3.8) is 0 Å². The van der Waals surface area contributed by atoms with Crippen LogP contribution in [0.25, 0.3) is 11.3 Å². The smallest absolute Gasteiger partial charge is 0.315 e. The molecule has 0 unspecified atom stereocenters. The Morgan fingerprint density at radius 3 is 2.91 bits per heavy atom. The van der Waals surface area contributed by atoms with Crippen molar-refractivity contribution in [2.24, 2.45) is 5.92 Å². The molecule has 6 heteroatoms. The van der Waals surface area contributed by atoms with E-state index in [-0.39, 0.29) is 6.03 Å². The second kappa shape index (κ2) is 7.09. The maximum absolute atomic E-state index is 11.7. The molecular weight excluding hydrogens is 282 g/mol. The Morgan fingerprint density at radius 1 is 1.27 bits per heavy atom. The number of ether oxygens (including phenoxy) is 1. The SMILES string of the molecule is O=C(NCc1cc(-c2ccccc2)no1)NC[C@@H]1CCOC1. The van der Waals surface area contributed by atoms with Crippen molar-refractivity contribution in [2.75, 3.05) is 19.8 Å². The van der Waals surface area contributed by atoms with E-state index in [4.69, 9.17) is 9.26 Å². The fraction of sp³-hybridized carbons (Fsp3) is 0.375. The van der Waals surface area contributed by atoms with E-state index in [1.54, 1.807) is 0 Å². The predicted octanol–water partition coefficient (Wildman–Crippen LogP) is 2.18. The van der Waals surface area contributed by atoms with Gasteiger partial charge < -0.3 is 19.9 Å². The molecule has 0 saturated carbocycles. The van der Waals surface area contributed by atoms with Gasteiger partial charge in [0.15, 0.2) is 5.76 Å². The minimum absolute atomic E-state index is 0.204. The lowest BCUT2D eigenvalue weighted by molar-refractivity contribution is 0.185. The molecule has 1 saturated heterocycles. The van der Waals surface area contributed by atoms with E-state index in [0.29, 0.717) is 24.8 Å². The van der Waals surface area contributed by atoms with Crippen molar-refractivity contribution in [3.8, 4) is 11.3 Å². The molecule has 1 atom stereocenters. The third-order valence-corrected chi connectivity index (χ3v) is 3.63. The Hall–Kier alpha value is -2.34. The highest BCUT2D eigenvalue weighted by atomic mass is 16.5. The van der Waals surface area contributed by atoms with E-state index in [1.807, 2.05) is 36.4 Å². The number of carbonyl (C=O) groups is 1. The van der Waals surface area contributed by atoms with E-state index >= 15 is 0 Å². The highest BCUT2D eigenvalue weighted by Crippen LogP contribution is 2.18. The molecule has 1 aromatic heterocycles. The van der Waals surface area contributed by atoms with Crippen LogP contribution in [0, 0.1) is 5.92 Å². The molecule has 6 nitrogen and oxygen atoms in total. The zero-order chi connectivity index (χ0) is 15.2. The molecule has 1 aliphatic heterocycles. The number of benzene rings is 1. The molecule has 0 aliphatic carbocycles. The summed E-state index contributed by atoms with van der Waals surface area (Å²) in [7, 11) is 0. The fourth-order valence-corrected chi connectivity index (χ4v) is 2.35. The maximum atomic E-state index is 11.7. The number of amides is 2. The lowest BCUT2D eigenvalue weighted by atomic mass is 10.1. The number of rotatable bonds is 5. The number of nitrogens with one attached hydrogen (secondary N) is 2. The van der Waals surface area contributed by atoms with Gasteiger partial charge in [0.2, 0.25) is 0 Å². The normalized spacial score (nSPS) is 17.4. The molecule has 2 amide bonds. The van der Waals surface area contributed by atoms with Crippen LogP contribution in [0.3, 0.4) is 0 Å². The van der Waals surface area contributed by atoms with Crippen LogP contribution >= 0.6 is 0 Å². The number of carbonyl (C=O) groups excluding carboxylic acids is 1. The average molecular weight is 301 g/mol. The fourth-order valence-electron chi connectivity index (χ4n) is 2.35. The van der Waals surface area contributed by atoms with Crippen molar-refractivity contribution in [3.05, 3.63) is 42.2 Å². The number of hydrogen-bond acceptors (Lipinski definition) is 4. The summed E-state index contributed by atoms with van der Waals surface area (Å²) in [6, 6.07) is 11.4. The van der Waals surface area contributed by atoms with Gasteiger partial charge >= 0.3 is 6.03 Å². The molecule has 0 radical (unpaired) electrons. The lowest BCUT2D eigenvalue weighted by Gasteiger charge is -2.09. The van der Waals surface area contributed by atoms with Crippen LogP contribution in [0.5, 0.6) is 0 Å². The lowest BCUT2D eigenvalue weighted by Crippen LogP contribution is -2.37. The topological polar surface area (TPSA) is 76.4 Å². The van der Waals surface area contributed by atoms with Crippen LogP contribution in [0.4, 0.5) is 4.79 Å². The summed E-state index contributed by atoms with van der Waals surface area (Å²) in [4.78, 5) is 11.7. The van der Waals surface area contributed by atoms with Gasteiger partial charge in [-0.3, -0.25) is 0 Å². The third kappa shape index (κ3) is 3.85. The maximum Gasteiger partial charge on any atom is 0.315 e. The van der Waals surface area contributed by atoms with E-state index in [9.17, 15) is 4.79 Å². The van der Waals surface area contributed by atoms with Crippen molar-refractivity contribution in [2.45, 2.75) is 13.0 Å². The number of nitrogens with zero attached hydrogens (tertiary/aromatic N) is 1. The quantitative estimate of drug-likeness (QED) is 0.887. The molecule has 0 spiro atoms. The third-order valence-electron chi connectivity index (χ3n) is 3.63. The molecule has 1 aliphatic rings. The largest absolute Gasteiger partial charge is 0.381 e.